The van der Waals surface area contributed by atoms with Gasteiger partial charge in [0.25, 0.3) is 0 Å². The quantitative estimate of drug-likeness (QED) is 0.824. The molecule has 0 radical (unpaired) electrons. The van der Waals surface area contributed by atoms with Crippen LogP contribution in [0.1, 0.15) is 28.4 Å². The maximum atomic E-state index is 5.89. The lowest BCUT2D eigenvalue weighted by Crippen LogP contribution is -2.15. The highest BCUT2D eigenvalue weighted by molar-refractivity contribution is 5.37. The normalized spacial score (nSPS) is 12.7. The topological polar surface area (TPSA) is 54.7 Å². The van der Waals surface area contributed by atoms with Crippen LogP contribution >= 0.6 is 0 Å². The summed E-state index contributed by atoms with van der Waals surface area (Å²) in [6.07, 6.45) is 0. The molecule has 0 aliphatic rings. The van der Waals surface area contributed by atoms with E-state index in [9.17, 15) is 0 Å². The van der Waals surface area contributed by atoms with Crippen LogP contribution in [0.25, 0.3) is 0 Å². The van der Waals surface area contributed by atoms with Crippen molar-refractivity contribution in [1.82, 2.24) is 10.2 Å². The Balaban J connectivity index is 2.45. The molecule has 84 valence electrons. The molecule has 2 aromatic rings. The summed E-state index contributed by atoms with van der Waals surface area (Å²) < 4.78 is 0. The molecule has 0 saturated carbocycles. The van der Waals surface area contributed by atoms with Crippen molar-refractivity contribution in [2.24, 2.45) is 5.73 Å². The Hall–Kier alpha value is -1.61. The van der Waals surface area contributed by atoms with Gasteiger partial charge in [0.1, 0.15) is 0 Å². The van der Waals surface area contributed by atoms with E-state index in [1.807, 2.05) is 32.0 Å². The third kappa shape index (κ3) is 1.86. The summed E-state index contributed by atoms with van der Waals surface area (Å²) in [5.41, 5.74) is 10.5. The molecule has 1 heterocycles. The summed E-state index contributed by atoms with van der Waals surface area (Å²) >= 11 is 0. The van der Waals surface area contributed by atoms with Crippen molar-refractivity contribution in [2.75, 3.05) is 6.54 Å². The molecule has 0 amide bonds. The number of benzene rings is 1. The first kappa shape index (κ1) is 10.9. The monoisotopic (exact) mass is 215 g/mol. The lowest BCUT2D eigenvalue weighted by molar-refractivity contribution is 0.806. The first-order chi connectivity index (χ1) is 7.74. The van der Waals surface area contributed by atoms with Gasteiger partial charge in [0.15, 0.2) is 0 Å². The third-order valence-electron chi connectivity index (χ3n) is 2.97. The Morgan fingerprint density at radius 1 is 1.25 bits per heavy atom. The SMILES string of the molecule is Cc1n[nH]c(C)c1C(CN)c1ccccc1. The zero-order chi connectivity index (χ0) is 11.5. The van der Waals surface area contributed by atoms with E-state index in [1.165, 1.54) is 11.1 Å². The molecule has 2 rings (SSSR count). The van der Waals surface area contributed by atoms with E-state index < -0.39 is 0 Å². The molecule has 0 bridgehead atoms. The second-order valence-electron chi connectivity index (χ2n) is 4.05. The van der Waals surface area contributed by atoms with Crippen LogP contribution in [0.3, 0.4) is 0 Å². The second-order valence-corrected chi connectivity index (χ2v) is 4.05. The minimum absolute atomic E-state index is 0.236. The predicted molar refractivity (Wildman–Crippen MR) is 65.4 cm³/mol. The number of aromatic amines is 1. The van der Waals surface area contributed by atoms with Crippen LogP contribution in [0.4, 0.5) is 0 Å². The summed E-state index contributed by atoms with van der Waals surface area (Å²) in [7, 11) is 0. The fourth-order valence-electron chi connectivity index (χ4n) is 2.18. The number of hydrogen-bond acceptors (Lipinski definition) is 2. The number of nitrogens with one attached hydrogen (secondary N) is 1. The van der Waals surface area contributed by atoms with E-state index in [-0.39, 0.29) is 5.92 Å². The van der Waals surface area contributed by atoms with Gasteiger partial charge in [-0.2, -0.15) is 5.10 Å². The Labute approximate surface area is 95.7 Å². The molecule has 3 nitrogen and oxygen atoms in total. The van der Waals surface area contributed by atoms with Gasteiger partial charge in [-0.1, -0.05) is 30.3 Å². The molecule has 1 aromatic heterocycles. The highest BCUT2D eigenvalue weighted by Crippen LogP contribution is 2.27. The predicted octanol–water partition coefficient (Wildman–Crippen LogP) is 2.12. The zero-order valence-electron chi connectivity index (χ0n) is 9.70. The molecular formula is C13H17N3. The highest BCUT2D eigenvalue weighted by Gasteiger charge is 2.18. The van der Waals surface area contributed by atoms with Crippen LogP contribution < -0.4 is 5.73 Å². The van der Waals surface area contributed by atoms with Gasteiger partial charge in [-0.05, 0) is 19.4 Å². The van der Waals surface area contributed by atoms with Crippen LogP contribution in [-0.2, 0) is 0 Å². The molecule has 3 N–H and O–H groups in total. The van der Waals surface area contributed by atoms with Crippen molar-refractivity contribution < 1.29 is 0 Å². The molecule has 1 atom stereocenters. The third-order valence-corrected chi connectivity index (χ3v) is 2.97. The van der Waals surface area contributed by atoms with Gasteiger partial charge in [-0.25, -0.2) is 0 Å². The molecule has 1 aromatic carbocycles. The number of aryl methyl sites for hydroxylation is 2. The van der Waals surface area contributed by atoms with Crippen molar-refractivity contribution >= 4 is 0 Å². The second kappa shape index (κ2) is 4.49. The van der Waals surface area contributed by atoms with Crippen LogP contribution in [0.15, 0.2) is 30.3 Å². The standard InChI is InChI=1S/C13H17N3/c1-9-13(10(2)16-15-9)12(8-14)11-6-4-3-5-7-11/h3-7,12H,8,14H2,1-2H3,(H,15,16). The molecule has 3 heteroatoms. The summed E-state index contributed by atoms with van der Waals surface area (Å²) in [6, 6.07) is 10.3. The largest absolute Gasteiger partial charge is 0.330 e. The van der Waals surface area contributed by atoms with Crippen LogP contribution in [0.2, 0.25) is 0 Å². The van der Waals surface area contributed by atoms with Crippen LogP contribution in [-0.4, -0.2) is 16.7 Å². The molecule has 0 spiro atoms. The minimum atomic E-state index is 0.236. The molecule has 0 saturated heterocycles. The molecule has 0 fully saturated rings. The van der Waals surface area contributed by atoms with Crippen molar-refractivity contribution in [1.29, 1.82) is 0 Å². The first-order valence-corrected chi connectivity index (χ1v) is 5.50. The summed E-state index contributed by atoms with van der Waals surface area (Å²) in [4.78, 5) is 0. The highest BCUT2D eigenvalue weighted by atomic mass is 15.1. The summed E-state index contributed by atoms with van der Waals surface area (Å²) in [5.74, 6) is 0.236. The fourth-order valence-corrected chi connectivity index (χ4v) is 2.18. The summed E-state index contributed by atoms with van der Waals surface area (Å²) in [5, 5.41) is 7.25. The maximum Gasteiger partial charge on any atom is 0.0632 e. The average molecular weight is 215 g/mol. The van der Waals surface area contributed by atoms with Crippen LogP contribution in [0.5, 0.6) is 0 Å². The fraction of sp³-hybridized carbons (Fsp3) is 0.308. The zero-order valence-corrected chi connectivity index (χ0v) is 9.70. The van der Waals surface area contributed by atoms with E-state index in [0.29, 0.717) is 6.54 Å². The average Bonchev–Trinajstić information content (AvgIpc) is 2.63. The Morgan fingerprint density at radius 3 is 2.44 bits per heavy atom. The van der Waals surface area contributed by atoms with Gasteiger partial charge in [0.05, 0.1) is 5.69 Å². The Kier molecular flexibility index (Phi) is 3.06. The minimum Gasteiger partial charge on any atom is -0.330 e. The smallest absolute Gasteiger partial charge is 0.0632 e. The molecule has 0 aliphatic carbocycles. The number of H-pyrrole nitrogens is 1. The van der Waals surface area contributed by atoms with Gasteiger partial charge >= 0.3 is 0 Å². The van der Waals surface area contributed by atoms with Gasteiger partial charge in [-0.15, -0.1) is 0 Å². The lowest BCUT2D eigenvalue weighted by Gasteiger charge is -2.15. The van der Waals surface area contributed by atoms with Gasteiger partial charge in [0, 0.05) is 23.7 Å². The lowest BCUT2D eigenvalue weighted by atomic mass is 9.90. The van der Waals surface area contributed by atoms with Crippen molar-refractivity contribution in [3.05, 3.63) is 52.8 Å². The number of hydrogen-bond donors (Lipinski definition) is 2. The molecule has 0 aliphatic heterocycles. The van der Waals surface area contributed by atoms with Crippen molar-refractivity contribution in [2.45, 2.75) is 19.8 Å². The number of rotatable bonds is 3. The van der Waals surface area contributed by atoms with Crippen molar-refractivity contribution in [3.8, 4) is 0 Å². The van der Waals surface area contributed by atoms with Crippen LogP contribution in [0, 0.1) is 13.8 Å². The van der Waals surface area contributed by atoms with Gasteiger partial charge < -0.3 is 5.73 Å². The summed E-state index contributed by atoms with van der Waals surface area (Å²) in [6.45, 7) is 4.66. The van der Waals surface area contributed by atoms with E-state index in [0.717, 1.165) is 11.4 Å². The number of nitrogens with two attached hydrogens (primary N) is 1. The van der Waals surface area contributed by atoms with Gasteiger partial charge in [-0.3, -0.25) is 5.10 Å². The van der Waals surface area contributed by atoms with E-state index in [2.05, 4.69) is 22.3 Å². The first-order valence-electron chi connectivity index (χ1n) is 5.50. The van der Waals surface area contributed by atoms with E-state index in [1.54, 1.807) is 0 Å². The van der Waals surface area contributed by atoms with Gasteiger partial charge in [0.2, 0.25) is 0 Å². The number of nitrogens with zero attached hydrogens (tertiary/aromatic N) is 1. The Bertz CT molecular complexity index is 440. The molecule has 1 unspecified atom stereocenters. The maximum absolute atomic E-state index is 5.89. The molecular weight excluding hydrogens is 198 g/mol. The number of aromatic nitrogens is 2. The van der Waals surface area contributed by atoms with E-state index >= 15 is 0 Å². The van der Waals surface area contributed by atoms with E-state index in [4.69, 9.17) is 5.73 Å². The molecule has 16 heavy (non-hydrogen) atoms. The van der Waals surface area contributed by atoms with Crippen molar-refractivity contribution in [3.63, 3.8) is 0 Å². The Morgan fingerprint density at radius 2 is 1.94 bits per heavy atom.